The van der Waals surface area contributed by atoms with Gasteiger partial charge in [-0.1, -0.05) is 13.0 Å². The van der Waals surface area contributed by atoms with Gasteiger partial charge in [-0.25, -0.2) is 9.38 Å². The van der Waals surface area contributed by atoms with E-state index in [2.05, 4.69) is 34.4 Å². The Morgan fingerprint density at radius 1 is 1.31 bits per heavy atom. The summed E-state index contributed by atoms with van der Waals surface area (Å²) in [7, 11) is 3.89. The van der Waals surface area contributed by atoms with Crippen molar-refractivity contribution < 1.29 is 4.39 Å². The van der Waals surface area contributed by atoms with Gasteiger partial charge in [-0.2, -0.15) is 0 Å². The summed E-state index contributed by atoms with van der Waals surface area (Å²) in [5, 5.41) is 6.78. The molecule has 2 rings (SSSR count). The number of hydrogen-bond acceptors (Lipinski definition) is 3. The fourth-order valence-electron chi connectivity index (χ4n) is 3.46. The summed E-state index contributed by atoms with van der Waals surface area (Å²) < 4.78 is 13.9. The first-order valence-corrected chi connectivity index (χ1v) is 9.71. The summed E-state index contributed by atoms with van der Waals surface area (Å²) in [4.78, 5) is 9.17. The quantitative estimate of drug-likeness (QED) is 0.550. The zero-order valence-electron chi connectivity index (χ0n) is 16.7. The van der Waals surface area contributed by atoms with Gasteiger partial charge in [0.2, 0.25) is 0 Å². The average Bonchev–Trinajstić information content (AvgIpc) is 3.07. The molecule has 26 heavy (non-hydrogen) atoms. The Labute approximate surface area is 157 Å². The van der Waals surface area contributed by atoms with Crippen LogP contribution in [-0.2, 0) is 13.1 Å². The van der Waals surface area contributed by atoms with Crippen molar-refractivity contribution in [1.29, 1.82) is 0 Å². The maximum Gasteiger partial charge on any atom is 0.191 e. The van der Waals surface area contributed by atoms with Crippen LogP contribution < -0.4 is 10.6 Å². The number of rotatable bonds is 8. The number of halogens is 1. The van der Waals surface area contributed by atoms with Crippen LogP contribution in [0.2, 0.25) is 0 Å². The molecule has 0 amide bonds. The third-order valence-corrected chi connectivity index (χ3v) is 4.77. The molecule has 0 bridgehead atoms. The number of benzene rings is 1. The first-order valence-electron chi connectivity index (χ1n) is 9.71. The zero-order chi connectivity index (χ0) is 18.9. The van der Waals surface area contributed by atoms with E-state index in [1.54, 1.807) is 6.07 Å². The third kappa shape index (κ3) is 6.25. The van der Waals surface area contributed by atoms with Gasteiger partial charge in [-0.15, -0.1) is 0 Å². The minimum atomic E-state index is -0.155. The predicted octanol–water partition coefficient (Wildman–Crippen LogP) is 2.43. The van der Waals surface area contributed by atoms with Crippen LogP contribution in [0.4, 0.5) is 4.39 Å². The van der Waals surface area contributed by atoms with Gasteiger partial charge in [0.1, 0.15) is 5.82 Å². The summed E-state index contributed by atoms with van der Waals surface area (Å²) >= 11 is 0. The van der Waals surface area contributed by atoms with E-state index < -0.39 is 0 Å². The van der Waals surface area contributed by atoms with Crippen molar-refractivity contribution in [2.75, 3.05) is 40.3 Å². The predicted molar refractivity (Wildman–Crippen MR) is 107 cm³/mol. The molecular formula is C20H34FN5. The number of nitrogens with zero attached hydrogens (tertiary/aromatic N) is 3. The van der Waals surface area contributed by atoms with Gasteiger partial charge in [-0.3, -0.25) is 4.90 Å². The van der Waals surface area contributed by atoms with E-state index in [1.807, 2.05) is 31.1 Å². The lowest BCUT2D eigenvalue weighted by Gasteiger charge is -2.24. The Morgan fingerprint density at radius 3 is 2.81 bits per heavy atom. The summed E-state index contributed by atoms with van der Waals surface area (Å²) in [6.45, 7) is 9.45. The van der Waals surface area contributed by atoms with E-state index >= 15 is 0 Å². The van der Waals surface area contributed by atoms with Crippen LogP contribution in [-0.4, -0.2) is 62.1 Å². The molecule has 5 nitrogen and oxygen atoms in total. The van der Waals surface area contributed by atoms with Gasteiger partial charge in [-0.05, 0) is 64.6 Å². The highest BCUT2D eigenvalue weighted by molar-refractivity contribution is 5.79. The minimum absolute atomic E-state index is 0.155. The van der Waals surface area contributed by atoms with Gasteiger partial charge in [0.15, 0.2) is 5.96 Å². The second kappa shape index (κ2) is 10.5. The zero-order valence-corrected chi connectivity index (χ0v) is 16.7. The van der Waals surface area contributed by atoms with Gasteiger partial charge < -0.3 is 15.5 Å². The molecule has 1 saturated heterocycles. The highest BCUT2D eigenvalue weighted by Gasteiger charge is 2.22. The fraction of sp³-hybridized carbons (Fsp3) is 0.650. The van der Waals surface area contributed by atoms with E-state index in [-0.39, 0.29) is 5.82 Å². The number of guanidine groups is 1. The molecule has 146 valence electrons. The summed E-state index contributed by atoms with van der Waals surface area (Å²) in [6.07, 6.45) is 2.52. The van der Waals surface area contributed by atoms with Gasteiger partial charge >= 0.3 is 0 Å². The normalized spacial score (nSPS) is 18.5. The number of hydrogen-bond donors (Lipinski definition) is 2. The standard InChI is InChI=1S/C20H34FN5/c1-5-22-20(24-14-18-8-7-11-26(18)6-2)23-13-16-9-10-19(21)17(12-16)15-25(3)4/h9-10,12,18H,5-8,11,13-15H2,1-4H3,(H2,22,23,24). The van der Waals surface area contributed by atoms with Crippen molar-refractivity contribution in [1.82, 2.24) is 20.4 Å². The van der Waals surface area contributed by atoms with Crippen molar-refractivity contribution in [2.24, 2.45) is 4.99 Å². The Morgan fingerprint density at radius 2 is 2.12 bits per heavy atom. The van der Waals surface area contributed by atoms with Crippen LogP contribution >= 0.6 is 0 Å². The number of nitrogens with one attached hydrogen (secondary N) is 2. The van der Waals surface area contributed by atoms with E-state index in [4.69, 9.17) is 0 Å². The maximum atomic E-state index is 13.9. The second-order valence-electron chi connectivity index (χ2n) is 7.16. The number of aliphatic imine (C=N–C) groups is 1. The molecular weight excluding hydrogens is 329 g/mol. The lowest BCUT2D eigenvalue weighted by Crippen LogP contribution is -2.44. The molecule has 2 N–H and O–H groups in total. The van der Waals surface area contributed by atoms with E-state index in [0.717, 1.165) is 31.2 Å². The first kappa shape index (κ1) is 20.6. The number of likely N-dealkylation sites (tertiary alicyclic amines) is 1. The van der Waals surface area contributed by atoms with E-state index in [0.29, 0.717) is 24.7 Å². The molecule has 1 aliphatic rings. The first-order chi connectivity index (χ1) is 12.5. The Kier molecular flexibility index (Phi) is 8.32. The minimum Gasteiger partial charge on any atom is -0.357 e. The van der Waals surface area contributed by atoms with Crippen molar-refractivity contribution >= 4 is 5.96 Å². The van der Waals surface area contributed by atoms with Crippen LogP contribution in [0.25, 0.3) is 0 Å². The molecule has 0 aliphatic carbocycles. The smallest absolute Gasteiger partial charge is 0.191 e. The highest BCUT2D eigenvalue weighted by atomic mass is 19.1. The van der Waals surface area contributed by atoms with Crippen LogP contribution in [0.15, 0.2) is 23.2 Å². The Hall–Kier alpha value is -1.66. The van der Waals surface area contributed by atoms with Crippen molar-refractivity contribution in [3.05, 3.63) is 35.1 Å². The van der Waals surface area contributed by atoms with Crippen molar-refractivity contribution in [2.45, 2.75) is 45.8 Å². The summed E-state index contributed by atoms with van der Waals surface area (Å²) in [5.41, 5.74) is 1.74. The van der Waals surface area contributed by atoms with E-state index in [1.165, 1.54) is 19.4 Å². The monoisotopic (exact) mass is 363 g/mol. The van der Waals surface area contributed by atoms with Crippen molar-refractivity contribution in [3.63, 3.8) is 0 Å². The SMILES string of the molecule is CCNC(=NCc1ccc(F)c(CN(C)C)c1)NCC1CCCN1CC. The Bertz CT molecular complexity index is 588. The Balaban J connectivity index is 1.97. The van der Waals surface area contributed by atoms with Gasteiger partial charge in [0.05, 0.1) is 6.54 Å². The molecule has 1 aliphatic heterocycles. The molecule has 6 heteroatoms. The lowest BCUT2D eigenvalue weighted by atomic mass is 10.1. The van der Waals surface area contributed by atoms with Gasteiger partial charge in [0, 0.05) is 31.2 Å². The molecule has 0 radical (unpaired) electrons. The largest absolute Gasteiger partial charge is 0.357 e. The average molecular weight is 364 g/mol. The third-order valence-electron chi connectivity index (χ3n) is 4.77. The van der Waals surface area contributed by atoms with Crippen LogP contribution in [0, 0.1) is 5.82 Å². The van der Waals surface area contributed by atoms with Crippen LogP contribution in [0.5, 0.6) is 0 Å². The topological polar surface area (TPSA) is 42.9 Å². The van der Waals surface area contributed by atoms with Crippen LogP contribution in [0.1, 0.15) is 37.8 Å². The summed E-state index contributed by atoms with van der Waals surface area (Å²) in [6, 6.07) is 5.86. The number of likely N-dealkylation sites (N-methyl/N-ethyl adjacent to an activating group) is 1. The molecule has 1 atom stereocenters. The highest BCUT2D eigenvalue weighted by Crippen LogP contribution is 2.16. The molecule has 0 spiro atoms. The van der Waals surface area contributed by atoms with Gasteiger partial charge in [0.25, 0.3) is 0 Å². The molecule has 0 aromatic heterocycles. The fourth-order valence-corrected chi connectivity index (χ4v) is 3.46. The molecule has 1 aromatic rings. The molecule has 1 heterocycles. The molecule has 1 unspecified atom stereocenters. The van der Waals surface area contributed by atoms with Crippen molar-refractivity contribution in [3.8, 4) is 0 Å². The lowest BCUT2D eigenvalue weighted by molar-refractivity contribution is 0.267. The summed E-state index contributed by atoms with van der Waals surface area (Å²) in [5.74, 6) is 0.672. The van der Waals surface area contributed by atoms with Crippen LogP contribution in [0.3, 0.4) is 0 Å². The van der Waals surface area contributed by atoms with E-state index in [9.17, 15) is 4.39 Å². The maximum absolute atomic E-state index is 13.9. The molecule has 1 fully saturated rings. The second-order valence-corrected chi connectivity index (χ2v) is 7.16. The molecule has 0 saturated carbocycles. The molecule has 1 aromatic carbocycles.